The SMILES string of the molecule is CCNC(=NCCCN1CCCC1=O)NCCC1CCN(C)CC1. The van der Waals surface area contributed by atoms with E-state index in [4.69, 9.17) is 0 Å². The Kier molecular flexibility index (Phi) is 8.36. The van der Waals surface area contributed by atoms with Gasteiger partial charge in [-0.2, -0.15) is 0 Å². The Labute approximate surface area is 147 Å². The highest BCUT2D eigenvalue weighted by molar-refractivity contribution is 5.79. The molecule has 0 saturated carbocycles. The predicted octanol–water partition coefficient (Wildman–Crippen LogP) is 1.29. The fourth-order valence-corrected chi connectivity index (χ4v) is 3.48. The molecule has 1 amide bonds. The largest absolute Gasteiger partial charge is 0.357 e. The van der Waals surface area contributed by atoms with Gasteiger partial charge in [0.1, 0.15) is 0 Å². The molecule has 138 valence electrons. The number of guanidine groups is 1. The number of nitrogens with zero attached hydrogens (tertiary/aromatic N) is 3. The lowest BCUT2D eigenvalue weighted by Gasteiger charge is -2.29. The summed E-state index contributed by atoms with van der Waals surface area (Å²) in [6.07, 6.45) is 6.54. The van der Waals surface area contributed by atoms with Crippen LogP contribution < -0.4 is 10.6 Å². The fraction of sp³-hybridized carbons (Fsp3) is 0.889. The van der Waals surface area contributed by atoms with E-state index in [0.717, 1.165) is 63.9 Å². The number of likely N-dealkylation sites (tertiary alicyclic amines) is 2. The minimum atomic E-state index is 0.308. The molecule has 24 heavy (non-hydrogen) atoms. The standard InChI is InChI=1S/C18H35N5O/c1-3-19-18(20-10-5-13-23-12-4-6-17(23)24)21-11-7-16-8-14-22(2)15-9-16/h16H,3-15H2,1-2H3,(H2,19,20,21). The van der Waals surface area contributed by atoms with Gasteiger partial charge in [-0.1, -0.05) is 0 Å². The first-order chi connectivity index (χ1) is 11.7. The van der Waals surface area contributed by atoms with Crippen LogP contribution in [0.1, 0.15) is 45.4 Å². The quantitative estimate of drug-likeness (QED) is 0.398. The zero-order valence-electron chi connectivity index (χ0n) is 15.5. The number of hydrogen-bond acceptors (Lipinski definition) is 3. The van der Waals surface area contributed by atoms with E-state index in [2.05, 4.69) is 34.5 Å². The van der Waals surface area contributed by atoms with Crippen molar-refractivity contribution in [3.05, 3.63) is 0 Å². The third-order valence-corrected chi connectivity index (χ3v) is 5.05. The van der Waals surface area contributed by atoms with E-state index in [1.54, 1.807) is 0 Å². The second-order valence-electron chi connectivity index (χ2n) is 7.06. The van der Waals surface area contributed by atoms with Crippen LogP contribution in [0.5, 0.6) is 0 Å². The van der Waals surface area contributed by atoms with Crippen LogP contribution in [0.2, 0.25) is 0 Å². The first-order valence-corrected chi connectivity index (χ1v) is 9.67. The third-order valence-electron chi connectivity index (χ3n) is 5.05. The molecule has 2 rings (SSSR count). The molecule has 0 aliphatic carbocycles. The van der Waals surface area contributed by atoms with Gasteiger partial charge in [0.2, 0.25) is 5.91 Å². The summed E-state index contributed by atoms with van der Waals surface area (Å²) in [6.45, 7) is 8.97. The molecule has 0 aromatic rings. The molecule has 2 heterocycles. The molecular formula is C18H35N5O. The first-order valence-electron chi connectivity index (χ1n) is 9.67. The third kappa shape index (κ3) is 6.67. The van der Waals surface area contributed by atoms with Crippen molar-refractivity contribution in [3.8, 4) is 0 Å². The lowest BCUT2D eigenvalue weighted by atomic mass is 9.94. The molecule has 6 heteroatoms. The number of carbonyl (C=O) groups is 1. The summed E-state index contributed by atoms with van der Waals surface area (Å²) in [4.78, 5) is 20.6. The lowest BCUT2D eigenvalue weighted by molar-refractivity contribution is -0.127. The minimum absolute atomic E-state index is 0.308. The van der Waals surface area contributed by atoms with Crippen molar-refractivity contribution in [2.75, 3.05) is 52.9 Å². The maximum Gasteiger partial charge on any atom is 0.222 e. The smallest absolute Gasteiger partial charge is 0.222 e. The molecule has 2 fully saturated rings. The van der Waals surface area contributed by atoms with Crippen LogP contribution in [0.3, 0.4) is 0 Å². The van der Waals surface area contributed by atoms with Crippen LogP contribution in [-0.2, 0) is 4.79 Å². The number of amides is 1. The van der Waals surface area contributed by atoms with Gasteiger partial charge in [-0.3, -0.25) is 9.79 Å². The second kappa shape index (κ2) is 10.5. The average Bonchev–Trinajstić information content (AvgIpc) is 2.98. The molecule has 0 aromatic heterocycles. The number of carbonyl (C=O) groups excluding carboxylic acids is 1. The summed E-state index contributed by atoms with van der Waals surface area (Å²) in [5.41, 5.74) is 0. The second-order valence-corrected chi connectivity index (χ2v) is 7.06. The number of hydrogen-bond donors (Lipinski definition) is 2. The van der Waals surface area contributed by atoms with Crippen LogP contribution in [0.4, 0.5) is 0 Å². The summed E-state index contributed by atoms with van der Waals surface area (Å²) in [7, 11) is 2.21. The van der Waals surface area contributed by atoms with Gasteiger partial charge in [-0.05, 0) is 65.1 Å². The van der Waals surface area contributed by atoms with Crippen LogP contribution >= 0.6 is 0 Å². The fourth-order valence-electron chi connectivity index (χ4n) is 3.48. The molecule has 2 aliphatic rings. The molecule has 0 aromatic carbocycles. The maximum atomic E-state index is 11.6. The van der Waals surface area contributed by atoms with Gasteiger partial charge < -0.3 is 20.4 Å². The predicted molar refractivity (Wildman–Crippen MR) is 99.3 cm³/mol. The zero-order chi connectivity index (χ0) is 17.2. The molecule has 0 radical (unpaired) electrons. The highest BCUT2D eigenvalue weighted by atomic mass is 16.2. The van der Waals surface area contributed by atoms with Gasteiger partial charge in [0.15, 0.2) is 5.96 Å². The number of piperidine rings is 1. The molecule has 0 unspecified atom stereocenters. The monoisotopic (exact) mass is 337 g/mol. The van der Waals surface area contributed by atoms with Crippen molar-refractivity contribution >= 4 is 11.9 Å². The van der Waals surface area contributed by atoms with E-state index in [-0.39, 0.29) is 0 Å². The van der Waals surface area contributed by atoms with Gasteiger partial charge in [0.25, 0.3) is 0 Å². The van der Waals surface area contributed by atoms with Gasteiger partial charge in [-0.15, -0.1) is 0 Å². The van der Waals surface area contributed by atoms with Crippen LogP contribution in [0.25, 0.3) is 0 Å². The highest BCUT2D eigenvalue weighted by Crippen LogP contribution is 2.18. The number of nitrogens with one attached hydrogen (secondary N) is 2. The molecule has 2 saturated heterocycles. The summed E-state index contributed by atoms with van der Waals surface area (Å²) in [5, 5.41) is 6.78. The van der Waals surface area contributed by atoms with E-state index in [1.807, 2.05) is 4.90 Å². The number of rotatable bonds is 8. The zero-order valence-corrected chi connectivity index (χ0v) is 15.5. The Balaban J connectivity index is 1.61. The minimum Gasteiger partial charge on any atom is -0.357 e. The Morgan fingerprint density at radius 2 is 2.04 bits per heavy atom. The number of aliphatic imine (C=N–C) groups is 1. The summed E-state index contributed by atoms with van der Waals surface area (Å²) in [5.74, 6) is 2.07. The van der Waals surface area contributed by atoms with Gasteiger partial charge in [0, 0.05) is 39.1 Å². The van der Waals surface area contributed by atoms with E-state index in [1.165, 1.54) is 32.4 Å². The Morgan fingerprint density at radius 3 is 2.71 bits per heavy atom. The summed E-state index contributed by atoms with van der Waals surface area (Å²) < 4.78 is 0. The molecular weight excluding hydrogens is 302 g/mol. The highest BCUT2D eigenvalue weighted by Gasteiger charge is 2.19. The van der Waals surface area contributed by atoms with Crippen molar-refractivity contribution in [2.24, 2.45) is 10.9 Å². The van der Waals surface area contributed by atoms with E-state index in [0.29, 0.717) is 5.91 Å². The summed E-state index contributed by atoms with van der Waals surface area (Å²) >= 11 is 0. The lowest BCUT2D eigenvalue weighted by Crippen LogP contribution is -2.39. The average molecular weight is 338 g/mol. The Bertz CT molecular complexity index is 404. The van der Waals surface area contributed by atoms with E-state index >= 15 is 0 Å². The van der Waals surface area contributed by atoms with Gasteiger partial charge >= 0.3 is 0 Å². The molecule has 0 atom stereocenters. The normalized spacial score (nSPS) is 20.7. The van der Waals surface area contributed by atoms with Crippen molar-refractivity contribution in [1.82, 2.24) is 20.4 Å². The van der Waals surface area contributed by atoms with Crippen LogP contribution in [0, 0.1) is 5.92 Å². The van der Waals surface area contributed by atoms with Crippen LogP contribution in [-0.4, -0.2) is 74.5 Å². The molecule has 0 bridgehead atoms. The molecule has 2 N–H and O–H groups in total. The Hall–Kier alpha value is -1.30. The summed E-state index contributed by atoms with van der Waals surface area (Å²) in [6, 6.07) is 0. The molecule has 0 spiro atoms. The van der Waals surface area contributed by atoms with Crippen molar-refractivity contribution < 1.29 is 4.79 Å². The molecule has 2 aliphatic heterocycles. The van der Waals surface area contributed by atoms with Gasteiger partial charge in [0.05, 0.1) is 0 Å². The van der Waals surface area contributed by atoms with Crippen LogP contribution in [0.15, 0.2) is 4.99 Å². The topological polar surface area (TPSA) is 60.0 Å². The van der Waals surface area contributed by atoms with Gasteiger partial charge in [-0.25, -0.2) is 0 Å². The Morgan fingerprint density at radius 1 is 1.25 bits per heavy atom. The van der Waals surface area contributed by atoms with Crippen molar-refractivity contribution in [2.45, 2.75) is 45.4 Å². The van der Waals surface area contributed by atoms with E-state index < -0.39 is 0 Å². The van der Waals surface area contributed by atoms with Crippen molar-refractivity contribution in [3.63, 3.8) is 0 Å². The molecule has 6 nitrogen and oxygen atoms in total. The maximum absolute atomic E-state index is 11.6. The van der Waals surface area contributed by atoms with Crippen molar-refractivity contribution in [1.29, 1.82) is 0 Å². The van der Waals surface area contributed by atoms with E-state index in [9.17, 15) is 4.79 Å². The first kappa shape index (κ1) is 19.0.